The van der Waals surface area contributed by atoms with Crippen molar-refractivity contribution in [3.63, 3.8) is 0 Å². The lowest BCUT2D eigenvalue weighted by molar-refractivity contribution is -0.143. The molecule has 3 rings (SSSR count). The summed E-state index contributed by atoms with van der Waals surface area (Å²) in [6.07, 6.45) is 3.98. The Morgan fingerprint density at radius 3 is 2.58 bits per heavy atom. The Hall–Kier alpha value is -1.83. The van der Waals surface area contributed by atoms with Crippen LogP contribution < -0.4 is 0 Å². The zero-order valence-corrected chi connectivity index (χ0v) is 10.9. The van der Waals surface area contributed by atoms with Crippen LogP contribution in [0.5, 0.6) is 0 Å². The van der Waals surface area contributed by atoms with Gasteiger partial charge in [-0.05, 0) is 35.1 Å². The van der Waals surface area contributed by atoms with Gasteiger partial charge in [0, 0.05) is 0 Å². The van der Waals surface area contributed by atoms with Crippen LogP contribution in [-0.4, -0.2) is 11.1 Å². The fourth-order valence-electron chi connectivity index (χ4n) is 3.37. The molecule has 0 spiro atoms. The van der Waals surface area contributed by atoms with Gasteiger partial charge in [-0.1, -0.05) is 55.3 Å². The molecular weight excluding hydrogens is 236 g/mol. The third-order valence-corrected chi connectivity index (χ3v) is 4.31. The molecule has 1 saturated carbocycles. The van der Waals surface area contributed by atoms with E-state index in [9.17, 15) is 9.90 Å². The molecule has 0 amide bonds. The van der Waals surface area contributed by atoms with Crippen LogP contribution >= 0.6 is 0 Å². The van der Waals surface area contributed by atoms with Gasteiger partial charge >= 0.3 is 5.97 Å². The van der Waals surface area contributed by atoms with Crippen molar-refractivity contribution >= 4 is 16.7 Å². The van der Waals surface area contributed by atoms with Crippen LogP contribution in [0, 0.1) is 5.92 Å². The van der Waals surface area contributed by atoms with Crippen molar-refractivity contribution in [1.82, 2.24) is 0 Å². The van der Waals surface area contributed by atoms with Crippen molar-refractivity contribution in [2.45, 2.75) is 31.6 Å². The average molecular weight is 254 g/mol. The summed E-state index contributed by atoms with van der Waals surface area (Å²) in [5.41, 5.74) is 1.21. The summed E-state index contributed by atoms with van der Waals surface area (Å²) in [4.78, 5) is 11.5. The van der Waals surface area contributed by atoms with E-state index in [2.05, 4.69) is 24.3 Å². The van der Waals surface area contributed by atoms with Gasteiger partial charge in [0.25, 0.3) is 0 Å². The highest BCUT2D eigenvalue weighted by atomic mass is 16.4. The molecule has 1 aliphatic carbocycles. The van der Waals surface area contributed by atoms with Crippen LogP contribution in [-0.2, 0) is 4.79 Å². The molecule has 0 aromatic heterocycles. The lowest BCUT2D eigenvalue weighted by Crippen LogP contribution is -2.25. The van der Waals surface area contributed by atoms with E-state index in [1.165, 1.54) is 16.3 Å². The monoisotopic (exact) mass is 254 g/mol. The highest BCUT2D eigenvalue weighted by Crippen LogP contribution is 2.40. The molecule has 1 fully saturated rings. The maximum absolute atomic E-state index is 11.5. The molecule has 0 bridgehead atoms. The highest BCUT2D eigenvalue weighted by molar-refractivity contribution is 5.87. The van der Waals surface area contributed by atoms with Gasteiger partial charge in [0.05, 0.1) is 5.92 Å². The van der Waals surface area contributed by atoms with Gasteiger partial charge in [0.1, 0.15) is 0 Å². The van der Waals surface area contributed by atoms with E-state index in [1.807, 2.05) is 18.2 Å². The number of fused-ring (bicyclic) bond motifs is 1. The van der Waals surface area contributed by atoms with Crippen molar-refractivity contribution in [3.05, 3.63) is 48.0 Å². The van der Waals surface area contributed by atoms with Gasteiger partial charge in [-0.25, -0.2) is 0 Å². The second kappa shape index (κ2) is 5.04. The first-order chi connectivity index (χ1) is 9.27. The zero-order chi connectivity index (χ0) is 13.2. The fourth-order valence-corrected chi connectivity index (χ4v) is 3.37. The smallest absolute Gasteiger partial charge is 0.307 e. The van der Waals surface area contributed by atoms with Crippen molar-refractivity contribution in [1.29, 1.82) is 0 Å². The zero-order valence-electron chi connectivity index (χ0n) is 10.9. The Balaban J connectivity index is 2.09. The number of aliphatic carboxylic acids is 1. The summed E-state index contributed by atoms with van der Waals surface area (Å²) >= 11 is 0. The van der Waals surface area contributed by atoms with E-state index < -0.39 is 5.97 Å². The van der Waals surface area contributed by atoms with Crippen LogP contribution in [0.1, 0.15) is 37.2 Å². The topological polar surface area (TPSA) is 37.3 Å². The third-order valence-electron chi connectivity index (χ3n) is 4.31. The second-order valence-electron chi connectivity index (χ2n) is 5.40. The quantitative estimate of drug-likeness (QED) is 0.872. The van der Waals surface area contributed by atoms with E-state index in [-0.39, 0.29) is 11.8 Å². The molecule has 1 N–H and O–H groups in total. The van der Waals surface area contributed by atoms with E-state index in [0.717, 1.165) is 25.7 Å². The van der Waals surface area contributed by atoms with Crippen LogP contribution in [0.15, 0.2) is 42.5 Å². The second-order valence-corrected chi connectivity index (χ2v) is 5.40. The van der Waals surface area contributed by atoms with Crippen LogP contribution in [0.2, 0.25) is 0 Å². The Labute approximate surface area is 113 Å². The summed E-state index contributed by atoms with van der Waals surface area (Å²) in [7, 11) is 0. The molecule has 2 nitrogen and oxygen atoms in total. The summed E-state index contributed by atoms with van der Waals surface area (Å²) in [6.45, 7) is 0. The Morgan fingerprint density at radius 1 is 1.00 bits per heavy atom. The average Bonchev–Trinajstić information content (AvgIpc) is 2.46. The van der Waals surface area contributed by atoms with Gasteiger partial charge in [-0.3, -0.25) is 4.79 Å². The molecule has 0 heterocycles. The molecule has 2 unspecified atom stereocenters. The molecule has 2 aromatic rings. The van der Waals surface area contributed by atoms with Crippen LogP contribution in [0.4, 0.5) is 0 Å². The van der Waals surface area contributed by atoms with E-state index >= 15 is 0 Å². The molecule has 98 valence electrons. The van der Waals surface area contributed by atoms with Gasteiger partial charge in [0.15, 0.2) is 0 Å². The van der Waals surface area contributed by atoms with E-state index in [4.69, 9.17) is 0 Å². The first-order valence-corrected chi connectivity index (χ1v) is 6.98. The molecule has 0 aliphatic heterocycles. The maximum atomic E-state index is 11.5. The minimum atomic E-state index is -0.641. The molecule has 1 aliphatic rings. The third kappa shape index (κ3) is 2.23. The Kier molecular flexibility index (Phi) is 3.24. The lowest BCUT2D eigenvalue weighted by Gasteiger charge is -2.29. The Bertz CT molecular complexity index is 598. The van der Waals surface area contributed by atoms with Gasteiger partial charge in [-0.15, -0.1) is 0 Å². The summed E-state index contributed by atoms with van der Waals surface area (Å²) in [6, 6.07) is 14.5. The van der Waals surface area contributed by atoms with Crippen molar-refractivity contribution in [2.75, 3.05) is 0 Å². The standard InChI is InChI=1S/C17H18O2/c18-17(19)16-10-4-3-9-15(16)14-11-5-7-12-6-1-2-8-13(12)14/h1-2,5-8,11,15-16H,3-4,9-10H2,(H,18,19). The van der Waals surface area contributed by atoms with E-state index in [0.29, 0.717) is 0 Å². The number of carboxylic acid groups (broad SMARTS) is 1. The summed E-state index contributed by atoms with van der Waals surface area (Å²) < 4.78 is 0. The highest BCUT2D eigenvalue weighted by Gasteiger charge is 2.32. The van der Waals surface area contributed by atoms with E-state index in [1.54, 1.807) is 0 Å². The predicted molar refractivity (Wildman–Crippen MR) is 76.3 cm³/mol. The molecule has 2 aromatic carbocycles. The van der Waals surface area contributed by atoms with Crippen molar-refractivity contribution in [2.24, 2.45) is 5.92 Å². The lowest BCUT2D eigenvalue weighted by atomic mass is 9.74. The van der Waals surface area contributed by atoms with Crippen LogP contribution in [0.25, 0.3) is 10.8 Å². The van der Waals surface area contributed by atoms with Gasteiger partial charge in [-0.2, -0.15) is 0 Å². The molecule has 2 heteroatoms. The molecule has 0 saturated heterocycles. The normalized spacial score (nSPS) is 23.4. The fraction of sp³-hybridized carbons (Fsp3) is 0.353. The number of benzene rings is 2. The minimum absolute atomic E-state index is 0.164. The van der Waals surface area contributed by atoms with Gasteiger partial charge in [0.2, 0.25) is 0 Å². The number of hydrogen-bond donors (Lipinski definition) is 1. The Morgan fingerprint density at radius 2 is 1.74 bits per heavy atom. The number of hydrogen-bond acceptors (Lipinski definition) is 1. The van der Waals surface area contributed by atoms with Gasteiger partial charge < -0.3 is 5.11 Å². The predicted octanol–water partition coefficient (Wildman–Crippen LogP) is 4.20. The number of carbonyl (C=O) groups is 1. The van der Waals surface area contributed by atoms with Crippen LogP contribution in [0.3, 0.4) is 0 Å². The van der Waals surface area contributed by atoms with Crippen molar-refractivity contribution in [3.8, 4) is 0 Å². The molecule has 19 heavy (non-hydrogen) atoms. The largest absolute Gasteiger partial charge is 0.481 e. The first-order valence-electron chi connectivity index (χ1n) is 6.98. The summed E-state index contributed by atoms with van der Waals surface area (Å²) in [5, 5.41) is 11.9. The van der Waals surface area contributed by atoms with Crippen molar-refractivity contribution < 1.29 is 9.90 Å². The summed E-state index contributed by atoms with van der Waals surface area (Å²) in [5.74, 6) is -0.699. The molecule has 2 atom stereocenters. The first kappa shape index (κ1) is 12.2. The molecular formula is C17H18O2. The SMILES string of the molecule is O=C(O)C1CCCCC1c1cccc2ccccc12. The number of rotatable bonds is 2. The minimum Gasteiger partial charge on any atom is -0.481 e. The number of carboxylic acids is 1. The molecule has 0 radical (unpaired) electrons. The maximum Gasteiger partial charge on any atom is 0.307 e.